The van der Waals surface area contributed by atoms with E-state index in [2.05, 4.69) is 34.5 Å². The summed E-state index contributed by atoms with van der Waals surface area (Å²) in [4.78, 5) is 14.6. The van der Waals surface area contributed by atoms with Gasteiger partial charge in [0.25, 0.3) is 5.91 Å². The average Bonchev–Trinajstić information content (AvgIpc) is 3.14. The molecule has 0 aliphatic carbocycles. The molecule has 0 unspecified atom stereocenters. The highest BCUT2D eigenvalue weighted by Crippen LogP contribution is 2.20. The smallest absolute Gasteiger partial charge is 0.258 e. The predicted octanol–water partition coefficient (Wildman–Crippen LogP) is 3.59. The minimum Gasteiger partial charge on any atom is -0.483 e. The number of ether oxygens (including phenoxy) is 1. The Morgan fingerprint density at radius 2 is 1.81 bits per heavy atom. The van der Waals surface area contributed by atoms with E-state index in [-0.39, 0.29) is 12.5 Å². The van der Waals surface area contributed by atoms with Gasteiger partial charge in [0.1, 0.15) is 5.75 Å². The van der Waals surface area contributed by atoms with Crippen LogP contribution in [0.25, 0.3) is 0 Å². The number of rotatable bonds is 7. The molecule has 1 saturated heterocycles. The Labute approximate surface area is 156 Å². The summed E-state index contributed by atoms with van der Waals surface area (Å²) in [6.07, 6.45) is 2.60. The van der Waals surface area contributed by atoms with Crippen LogP contribution in [0.4, 0.5) is 0 Å². The topological polar surface area (TPSA) is 41.6 Å². The number of amides is 1. The summed E-state index contributed by atoms with van der Waals surface area (Å²) in [5.41, 5.74) is 4.68. The first-order valence-corrected chi connectivity index (χ1v) is 9.38. The van der Waals surface area contributed by atoms with Gasteiger partial charge in [-0.3, -0.25) is 9.69 Å². The van der Waals surface area contributed by atoms with E-state index in [1.165, 1.54) is 31.5 Å². The monoisotopic (exact) mass is 352 g/mol. The summed E-state index contributed by atoms with van der Waals surface area (Å²) >= 11 is 0. The molecule has 4 heteroatoms. The van der Waals surface area contributed by atoms with Crippen molar-refractivity contribution in [2.45, 2.75) is 39.8 Å². The molecular formula is C22H28N2O2. The number of aryl methyl sites for hydroxylation is 1. The molecule has 2 aromatic carbocycles. The first kappa shape index (κ1) is 18.5. The van der Waals surface area contributed by atoms with Crippen LogP contribution in [0.3, 0.4) is 0 Å². The molecule has 1 amide bonds. The second-order valence-electron chi connectivity index (χ2n) is 7.07. The van der Waals surface area contributed by atoms with E-state index in [1.54, 1.807) is 0 Å². The SMILES string of the molecule is Cc1cccc(OCC(=O)NCc2cccc(CN3CCCC3)c2)c1C. The van der Waals surface area contributed by atoms with Gasteiger partial charge in [-0.25, -0.2) is 0 Å². The molecule has 4 nitrogen and oxygen atoms in total. The van der Waals surface area contributed by atoms with Crippen molar-refractivity contribution in [1.29, 1.82) is 0 Å². The molecule has 0 aromatic heterocycles. The summed E-state index contributed by atoms with van der Waals surface area (Å²) < 4.78 is 5.66. The fourth-order valence-electron chi connectivity index (χ4n) is 3.31. The van der Waals surface area contributed by atoms with Crippen LogP contribution in [0.5, 0.6) is 5.75 Å². The van der Waals surface area contributed by atoms with Gasteiger partial charge >= 0.3 is 0 Å². The highest BCUT2D eigenvalue weighted by atomic mass is 16.5. The van der Waals surface area contributed by atoms with Crippen LogP contribution in [0.1, 0.15) is 35.1 Å². The third kappa shape index (κ3) is 5.09. The summed E-state index contributed by atoms with van der Waals surface area (Å²) in [5, 5.41) is 2.95. The summed E-state index contributed by atoms with van der Waals surface area (Å²) in [5.74, 6) is 0.670. The van der Waals surface area contributed by atoms with Crippen LogP contribution in [-0.4, -0.2) is 30.5 Å². The number of benzene rings is 2. The van der Waals surface area contributed by atoms with E-state index >= 15 is 0 Å². The van der Waals surface area contributed by atoms with Crippen LogP contribution >= 0.6 is 0 Å². The molecule has 0 spiro atoms. The van der Waals surface area contributed by atoms with Crippen LogP contribution in [0, 0.1) is 13.8 Å². The van der Waals surface area contributed by atoms with Gasteiger partial charge in [-0.2, -0.15) is 0 Å². The normalized spacial score (nSPS) is 14.4. The molecule has 2 aromatic rings. The maximum absolute atomic E-state index is 12.1. The second kappa shape index (κ2) is 8.86. The van der Waals surface area contributed by atoms with Crippen LogP contribution in [0.15, 0.2) is 42.5 Å². The largest absolute Gasteiger partial charge is 0.483 e. The molecule has 0 saturated carbocycles. The number of hydrogen-bond donors (Lipinski definition) is 1. The molecule has 1 fully saturated rings. The lowest BCUT2D eigenvalue weighted by Gasteiger charge is -2.15. The van der Waals surface area contributed by atoms with Crippen LogP contribution in [0.2, 0.25) is 0 Å². The number of nitrogens with zero attached hydrogens (tertiary/aromatic N) is 1. The number of carbonyl (C=O) groups excluding carboxylic acids is 1. The fraction of sp³-hybridized carbons (Fsp3) is 0.409. The number of hydrogen-bond acceptors (Lipinski definition) is 3. The molecule has 1 N–H and O–H groups in total. The molecule has 0 atom stereocenters. The maximum Gasteiger partial charge on any atom is 0.258 e. The van der Waals surface area contributed by atoms with Crippen molar-refractivity contribution in [1.82, 2.24) is 10.2 Å². The van der Waals surface area contributed by atoms with Crippen molar-refractivity contribution in [3.05, 3.63) is 64.7 Å². The minimum atomic E-state index is -0.101. The lowest BCUT2D eigenvalue weighted by Crippen LogP contribution is -2.28. The van der Waals surface area contributed by atoms with Crippen molar-refractivity contribution >= 4 is 5.91 Å². The van der Waals surface area contributed by atoms with Crippen molar-refractivity contribution in [3.8, 4) is 5.75 Å². The van der Waals surface area contributed by atoms with Gasteiger partial charge in [0.2, 0.25) is 0 Å². The molecule has 3 rings (SSSR count). The first-order chi connectivity index (χ1) is 12.6. The van der Waals surface area contributed by atoms with E-state index in [4.69, 9.17) is 4.74 Å². The van der Waals surface area contributed by atoms with Crippen LogP contribution < -0.4 is 10.1 Å². The van der Waals surface area contributed by atoms with Gasteiger partial charge in [0, 0.05) is 13.1 Å². The van der Waals surface area contributed by atoms with E-state index in [9.17, 15) is 4.79 Å². The van der Waals surface area contributed by atoms with Gasteiger partial charge in [-0.15, -0.1) is 0 Å². The fourth-order valence-corrected chi connectivity index (χ4v) is 3.31. The van der Waals surface area contributed by atoms with Gasteiger partial charge in [0.15, 0.2) is 6.61 Å². The summed E-state index contributed by atoms with van der Waals surface area (Å²) in [6.45, 7) is 8.00. The highest BCUT2D eigenvalue weighted by Gasteiger charge is 2.12. The van der Waals surface area contributed by atoms with Gasteiger partial charge in [0.05, 0.1) is 0 Å². The molecule has 26 heavy (non-hydrogen) atoms. The van der Waals surface area contributed by atoms with Crippen molar-refractivity contribution in [2.75, 3.05) is 19.7 Å². The van der Waals surface area contributed by atoms with Crippen molar-refractivity contribution in [3.63, 3.8) is 0 Å². The zero-order valence-corrected chi connectivity index (χ0v) is 15.8. The number of likely N-dealkylation sites (tertiary alicyclic amines) is 1. The first-order valence-electron chi connectivity index (χ1n) is 9.38. The number of nitrogens with one attached hydrogen (secondary N) is 1. The Morgan fingerprint density at radius 3 is 2.62 bits per heavy atom. The molecule has 0 radical (unpaired) electrons. The maximum atomic E-state index is 12.1. The van der Waals surface area contributed by atoms with Crippen LogP contribution in [-0.2, 0) is 17.9 Å². The number of carbonyl (C=O) groups is 1. The van der Waals surface area contributed by atoms with Crippen molar-refractivity contribution < 1.29 is 9.53 Å². The van der Waals surface area contributed by atoms with E-state index in [0.717, 1.165) is 29.0 Å². The summed E-state index contributed by atoms with van der Waals surface area (Å²) in [6, 6.07) is 14.4. The molecule has 1 aliphatic rings. The van der Waals surface area contributed by atoms with Gasteiger partial charge in [-0.1, -0.05) is 36.4 Å². The minimum absolute atomic E-state index is 0.0394. The van der Waals surface area contributed by atoms with Crippen molar-refractivity contribution in [2.24, 2.45) is 0 Å². The highest BCUT2D eigenvalue weighted by molar-refractivity contribution is 5.77. The zero-order chi connectivity index (χ0) is 18.4. The third-order valence-electron chi connectivity index (χ3n) is 5.00. The summed E-state index contributed by atoms with van der Waals surface area (Å²) in [7, 11) is 0. The molecule has 1 heterocycles. The standard InChI is InChI=1S/C22H28N2O2/c1-17-7-5-10-21(18(17)2)26-16-22(25)23-14-19-8-6-9-20(13-19)15-24-11-3-4-12-24/h5-10,13H,3-4,11-12,14-16H2,1-2H3,(H,23,25). The molecular weight excluding hydrogens is 324 g/mol. The zero-order valence-electron chi connectivity index (χ0n) is 15.8. The van der Waals surface area contributed by atoms with E-state index < -0.39 is 0 Å². The van der Waals surface area contributed by atoms with E-state index in [0.29, 0.717) is 6.54 Å². The Hall–Kier alpha value is -2.33. The van der Waals surface area contributed by atoms with E-state index in [1.807, 2.05) is 32.0 Å². The molecule has 0 bridgehead atoms. The second-order valence-corrected chi connectivity index (χ2v) is 7.07. The molecule has 1 aliphatic heterocycles. The predicted molar refractivity (Wildman–Crippen MR) is 104 cm³/mol. The quantitative estimate of drug-likeness (QED) is 0.828. The average molecular weight is 352 g/mol. The Kier molecular flexibility index (Phi) is 6.29. The lowest BCUT2D eigenvalue weighted by molar-refractivity contribution is -0.123. The Bertz CT molecular complexity index is 752. The molecule has 138 valence electrons. The third-order valence-corrected chi connectivity index (χ3v) is 5.00. The Balaban J connectivity index is 1.47. The van der Waals surface area contributed by atoms with Gasteiger partial charge in [-0.05, 0) is 68.1 Å². The van der Waals surface area contributed by atoms with Gasteiger partial charge < -0.3 is 10.1 Å². The Morgan fingerprint density at radius 1 is 1.08 bits per heavy atom. The lowest BCUT2D eigenvalue weighted by atomic mass is 10.1.